The Morgan fingerprint density at radius 1 is 1.27 bits per heavy atom. The molecule has 1 N–H and O–H groups in total. The first kappa shape index (κ1) is 10.7. The van der Waals surface area contributed by atoms with Crippen LogP contribution < -0.4 is 5.32 Å². The molecule has 0 aliphatic carbocycles. The van der Waals surface area contributed by atoms with Crippen LogP contribution in [-0.4, -0.2) is 11.6 Å². The Balaban J connectivity index is 3.93. The zero-order valence-electron chi connectivity index (χ0n) is 8.44. The van der Waals surface area contributed by atoms with E-state index < -0.39 is 0 Å². The van der Waals surface area contributed by atoms with Gasteiger partial charge in [-0.1, -0.05) is 19.9 Å². The lowest BCUT2D eigenvalue weighted by Crippen LogP contribution is -2.45. The topological polar surface area (TPSA) is 12.0 Å². The monoisotopic (exact) mass is 155 g/mol. The second-order valence-corrected chi connectivity index (χ2v) is 4.10. The van der Waals surface area contributed by atoms with Gasteiger partial charge >= 0.3 is 0 Å². The molecule has 0 bridgehead atoms. The van der Waals surface area contributed by atoms with Gasteiger partial charge in [0.2, 0.25) is 0 Å². The van der Waals surface area contributed by atoms with E-state index in [0.29, 0.717) is 12.0 Å². The fraction of sp³-hybridized carbons (Fsp3) is 0.800. The van der Waals surface area contributed by atoms with Gasteiger partial charge in [-0.05, 0) is 26.7 Å². The third-order valence-corrected chi connectivity index (χ3v) is 2.11. The molecule has 0 saturated heterocycles. The van der Waals surface area contributed by atoms with Crippen LogP contribution >= 0.6 is 0 Å². The minimum atomic E-state index is 0.0592. The molecular weight excluding hydrogens is 134 g/mol. The van der Waals surface area contributed by atoms with E-state index in [2.05, 4.69) is 46.5 Å². The van der Waals surface area contributed by atoms with Crippen molar-refractivity contribution < 1.29 is 0 Å². The fourth-order valence-electron chi connectivity index (χ4n) is 0.812. The summed E-state index contributed by atoms with van der Waals surface area (Å²) in [6.45, 7) is 14.7. The SMILES string of the molecule is C=CC(C)(C)NC(C)C(C)C. The number of nitrogens with one attached hydrogen (secondary N) is 1. The summed E-state index contributed by atoms with van der Waals surface area (Å²) in [5.74, 6) is 0.675. The van der Waals surface area contributed by atoms with Gasteiger partial charge in [-0.3, -0.25) is 0 Å². The van der Waals surface area contributed by atoms with E-state index in [9.17, 15) is 0 Å². The van der Waals surface area contributed by atoms with Crippen LogP contribution in [0.1, 0.15) is 34.6 Å². The van der Waals surface area contributed by atoms with Crippen molar-refractivity contribution in [2.45, 2.75) is 46.2 Å². The second kappa shape index (κ2) is 3.91. The van der Waals surface area contributed by atoms with Crippen LogP contribution in [0.5, 0.6) is 0 Å². The summed E-state index contributed by atoms with van der Waals surface area (Å²) in [5.41, 5.74) is 0.0592. The van der Waals surface area contributed by atoms with Gasteiger partial charge in [-0.15, -0.1) is 6.58 Å². The smallest absolute Gasteiger partial charge is 0.0307 e. The molecule has 1 heteroatoms. The minimum Gasteiger partial charge on any atom is -0.306 e. The molecule has 11 heavy (non-hydrogen) atoms. The third kappa shape index (κ3) is 4.20. The molecular formula is C10H21N. The largest absolute Gasteiger partial charge is 0.306 e. The van der Waals surface area contributed by atoms with Crippen molar-refractivity contribution in [3.05, 3.63) is 12.7 Å². The molecule has 0 aliphatic heterocycles. The maximum atomic E-state index is 3.78. The highest BCUT2D eigenvalue weighted by atomic mass is 15.0. The molecule has 1 nitrogen and oxygen atoms in total. The average molecular weight is 155 g/mol. The Bertz CT molecular complexity index is 125. The average Bonchev–Trinajstić information content (AvgIpc) is 1.87. The Morgan fingerprint density at radius 2 is 1.73 bits per heavy atom. The lowest BCUT2D eigenvalue weighted by molar-refractivity contribution is 0.346. The quantitative estimate of drug-likeness (QED) is 0.615. The highest BCUT2D eigenvalue weighted by molar-refractivity contribution is 4.96. The number of hydrogen-bond donors (Lipinski definition) is 1. The van der Waals surface area contributed by atoms with Gasteiger partial charge in [0.1, 0.15) is 0 Å². The van der Waals surface area contributed by atoms with Crippen LogP contribution in [-0.2, 0) is 0 Å². The summed E-state index contributed by atoms with van der Waals surface area (Å²) in [6, 6.07) is 0.544. The molecule has 0 aromatic rings. The van der Waals surface area contributed by atoms with E-state index >= 15 is 0 Å². The molecule has 0 amide bonds. The van der Waals surface area contributed by atoms with Crippen molar-refractivity contribution in [1.82, 2.24) is 5.32 Å². The lowest BCUT2D eigenvalue weighted by atomic mass is 10.00. The van der Waals surface area contributed by atoms with E-state index in [1.807, 2.05) is 6.08 Å². The number of hydrogen-bond acceptors (Lipinski definition) is 1. The van der Waals surface area contributed by atoms with Crippen LogP contribution in [0, 0.1) is 5.92 Å². The molecule has 0 aromatic carbocycles. The van der Waals surface area contributed by atoms with Crippen molar-refractivity contribution in [3.63, 3.8) is 0 Å². The Hall–Kier alpha value is -0.300. The van der Waals surface area contributed by atoms with Crippen molar-refractivity contribution in [2.75, 3.05) is 0 Å². The Morgan fingerprint density at radius 3 is 2.00 bits per heavy atom. The van der Waals surface area contributed by atoms with E-state index in [0.717, 1.165) is 0 Å². The summed E-state index contributed by atoms with van der Waals surface area (Å²) >= 11 is 0. The van der Waals surface area contributed by atoms with Gasteiger partial charge in [0.05, 0.1) is 0 Å². The zero-order valence-corrected chi connectivity index (χ0v) is 8.44. The van der Waals surface area contributed by atoms with Gasteiger partial charge in [0.15, 0.2) is 0 Å². The first-order valence-corrected chi connectivity index (χ1v) is 4.30. The number of rotatable bonds is 4. The second-order valence-electron chi connectivity index (χ2n) is 4.10. The zero-order chi connectivity index (χ0) is 9.07. The first-order chi connectivity index (χ1) is 4.89. The minimum absolute atomic E-state index is 0.0592. The standard InChI is InChI=1S/C10H21N/c1-7-10(5,6)11-9(4)8(2)3/h7-9,11H,1H2,2-6H3. The lowest BCUT2D eigenvalue weighted by Gasteiger charge is -2.29. The molecule has 66 valence electrons. The van der Waals surface area contributed by atoms with Crippen molar-refractivity contribution in [1.29, 1.82) is 0 Å². The maximum Gasteiger partial charge on any atom is 0.0307 e. The molecule has 0 spiro atoms. The Kier molecular flexibility index (Phi) is 3.81. The van der Waals surface area contributed by atoms with E-state index in [4.69, 9.17) is 0 Å². The normalized spacial score (nSPS) is 15.1. The predicted molar refractivity (Wildman–Crippen MR) is 51.7 cm³/mol. The van der Waals surface area contributed by atoms with Gasteiger partial charge in [0, 0.05) is 11.6 Å². The molecule has 0 rings (SSSR count). The summed E-state index contributed by atoms with van der Waals surface area (Å²) in [4.78, 5) is 0. The molecule has 0 radical (unpaired) electrons. The summed E-state index contributed by atoms with van der Waals surface area (Å²) in [7, 11) is 0. The molecule has 0 fully saturated rings. The molecule has 0 saturated carbocycles. The highest BCUT2D eigenvalue weighted by Crippen LogP contribution is 2.08. The molecule has 0 aromatic heterocycles. The predicted octanol–water partition coefficient (Wildman–Crippen LogP) is 2.59. The summed E-state index contributed by atoms with van der Waals surface area (Å²) < 4.78 is 0. The molecule has 1 unspecified atom stereocenters. The van der Waals surface area contributed by atoms with E-state index in [1.54, 1.807) is 0 Å². The molecule has 0 aliphatic rings. The van der Waals surface area contributed by atoms with Gasteiger partial charge in [-0.2, -0.15) is 0 Å². The van der Waals surface area contributed by atoms with Crippen LogP contribution in [0.2, 0.25) is 0 Å². The van der Waals surface area contributed by atoms with Crippen molar-refractivity contribution >= 4 is 0 Å². The van der Waals surface area contributed by atoms with Crippen LogP contribution in [0.15, 0.2) is 12.7 Å². The molecule has 0 heterocycles. The molecule has 1 atom stereocenters. The van der Waals surface area contributed by atoms with Crippen molar-refractivity contribution in [2.24, 2.45) is 5.92 Å². The van der Waals surface area contributed by atoms with E-state index in [1.165, 1.54) is 0 Å². The van der Waals surface area contributed by atoms with Crippen molar-refractivity contribution in [3.8, 4) is 0 Å². The summed E-state index contributed by atoms with van der Waals surface area (Å²) in [5, 5.41) is 3.49. The van der Waals surface area contributed by atoms with Gasteiger partial charge in [-0.25, -0.2) is 0 Å². The van der Waals surface area contributed by atoms with Crippen LogP contribution in [0.25, 0.3) is 0 Å². The van der Waals surface area contributed by atoms with Gasteiger partial charge in [0.25, 0.3) is 0 Å². The fourth-order valence-corrected chi connectivity index (χ4v) is 0.812. The first-order valence-electron chi connectivity index (χ1n) is 4.30. The van der Waals surface area contributed by atoms with E-state index in [-0.39, 0.29) is 5.54 Å². The highest BCUT2D eigenvalue weighted by Gasteiger charge is 2.16. The summed E-state index contributed by atoms with van der Waals surface area (Å²) in [6.07, 6.45) is 1.95. The van der Waals surface area contributed by atoms with Gasteiger partial charge < -0.3 is 5.32 Å². The maximum absolute atomic E-state index is 3.78. The van der Waals surface area contributed by atoms with Crippen LogP contribution in [0.3, 0.4) is 0 Å². The van der Waals surface area contributed by atoms with Crippen LogP contribution in [0.4, 0.5) is 0 Å². The third-order valence-electron chi connectivity index (χ3n) is 2.11. The Labute approximate surface area is 70.9 Å².